The Hall–Kier alpha value is -2.85. The minimum absolute atomic E-state index is 0.0582. The summed E-state index contributed by atoms with van der Waals surface area (Å²) in [6, 6.07) is 10.5. The third-order valence-electron chi connectivity index (χ3n) is 3.01. The number of hydrogen-bond donors (Lipinski definition) is 2. The van der Waals surface area contributed by atoms with Gasteiger partial charge in [-0.1, -0.05) is 39.7 Å². The summed E-state index contributed by atoms with van der Waals surface area (Å²) < 4.78 is 11.1. The fourth-order valence-corrected chi connectivity index (χ4v) is 2.55. The Morgan fingerprint density at radius 3 is 2.22 bits per heavy atom. The topological polar surface area (TPSA) is 120 Å². The predicted molar refractivity (Wildman–Crippen MR) is 99.5 cm³/mol. The van der Waals surface area contributed by atoms with Crippen molar-refractivity contribution in [2.45, 2.75) is 0 Å². The number of hydrogen-bond acceptors (Lipinski definition) is 6. The SMILES string of the molecule is O=C(COc1ccc(Br)cc1Cl)NNC(=O)COc1ccccc1[N+](=O)[O-]. The second kappa shape index (κ2) is 9.74. The molecule has 0 heterocycles. The zero-order valence-corrected chi connectivity index (χ0v) is 16.0. The molecule has 0 aromatic heterocycles. The molecule has 11 heteroatoms. The molecule has 2 aromatic rings. The van der Waals surface area contributed by atoms with E-state index in [0.29, 0.717) is 10.8 Å². The summed E-state index contributed by atoms with van der Waals surface area (Å²) in [5, 5.41) is 11.2. The number of amides is 2. The van der Waals surface area contributed by atoms with Crippen LogP contribution in [-0.2, 0) is 9.59 Å². The average molecular weight is 459 g/mol. The molecule has 0 saturated carbocycles. The number of halogens is 2. The Labute approximate surface area is 166 Å². The first-order chi connectivity index (χ1) is 12.9. The molecule has 0 fully saturated rings. The second-order valence-corrected chi connectivity index (χ2v) is 6.30. The van der Waals surface area contributed by atoms with Gasteiger partial charge in [0.05, 0.1) is 9.95 Å². The largest absolute Gasteiger partial charge is 0.482 e. The molecular weight excluding hydrogens is 446 g/mol. The van der Waals surface area contributed by atoms with E-state index in [4.69, 9.17) is 21.1 Å². The normalized spacial score (nSPS) is 10.0. The van der Waals surface area contributed by atoms with Crippen LogP contribution in [0.4, 0.5) is 5.69 Å². The fourth-order valence-electron chi connectivity index (χ4n) is 1.82. The van der Waals surface area contributed by atoms with Gasteiger partial charge >= 0.3 is 5.69 Å². The van der Waals surface area contributed by atoms with Crippen LogP contribution in [0.1, 0.15) is 0 Å². The van der Waals surface area contributed by atoms with Crippen molar-refractivity contribution >= 4 is 45.0 Å². The van der Waals surface area contributed by atoms with E-state index >= 15 is 0 Å². The molecule has 0 spiro atoms. The molecule has 9 nitrogen and oxygen atoms in total. The number of nitro groups is 1. The summed E-state index contributed by atoms with van der Waals surface area (Å²) in [5.41, 5.74) is 3.97. The Balaban J connectivity index is 1.75. The number of para-hydroxylation sites is 2. The molecular formula is C16H13BrClN3O6. The first-order valence-corrected chi connectivity index (χ1v) is 8.55. The fraction of sp³-hybridized carbons (Fsp3) is 0.125. The summed E-state index contributed by atoms with van der Waals surface area (Å²) in [6.45, 7) is -0.906. The number of rotatable bonds is 7. The van der Waals surface area contributed by atoms with Crippen molar-refractivity contribution < 1.29 is 24.0 Å². The number of nitrogens with one attached hydrogen (secondary N) is 2. The zero-order chi connectivity index (χ0) is 19.8. The first-order valence-electron chi connectivity index (χ1n) is 7.38. The standard InChI is InChI=1S/C16H13BrClN3O6/c17-10-5-6-13(11(18)7-10)26-8-15(22)19-20-16(23)9-27-14-4-2-1-3-12(14)21(24)25/h1-7H,8-9H2,(H,19,22)(H,20,23). The van der Waals surface area contributed by atoms with Crippen LogP contribution in [0.5, 0.6) is 11.5 Å². The lowest BCUT2D eigenvalue weighted by Gasteiger charge is -2.10. The average Bonchev–Trinajstić information content (AvgIpc) is 2.64. The van der Waals surface area contributed by atoms with Crippen molar-refractivity contribution in [2.75, 3.05) is 13.2 Å². The second-order valence-electron chi connectivity index (χ2n) is 4.97. The lowest BCUT2D eigenvalue weighted by atomic mass is 10.3. The van der Waals surface area contributed by atoms with Crippen molar-refractivity contribution in [3.8, 4) is 11.5 Å². The number of ether oxygens (including phenoxy) is 2. The number of nitro benzene ring substituents is 1. The molecule has 2 aromatic carbocycles. The van der Waals surface area contributed by atoms with Crippen molar-refractivity contribution in [2.24, 2.45) is 0 Å². The van der Waals surface area contributed by atoms with E-state index in [1.54, 1.807) is 18.2 Å². The highest BCUT2D eigenvalue weighted by molar-refractivity contribution is 9.10. The van der Waals surface area contributed by atoms with Crippen molar-refractivity contribution in [3.63, 3.8) is 0 Å². The lowest BCUT2D eigenvalue weighted by molar-refractivity contribution is -0.385. The summed E-state index contributed by atoms with van der Waals surface area (Å²) in [5.74, 6) is -1.09. The number of nitrogens with zero attached hydrogens (tertiary/aromatic N) is 1. The van der Waals surface area contributed by atoms with Crippen LogP contribution in [0.15, 0.2) is 46.9 Å². The summed E-state index contributed by atoms with van der Waals surface area (Å²) in [4.78, 5) is 33.6. The maximum Gasteiger partial charge on any atom is 0.310 e. The maximum absolute atomic E-state index is 11.7. The quantitative estimate of drug-likeness (QED) is 0.486. The summed E-state index contributed by atoms with van der Waals surface area (Å²) in [7, 11) is 0. The third-order valence-corrected chi connectivity index (χ3v) is 3.80. The van der Waals surface area contributed by atoms with E-state index in [0.717, 1.165) is 4.47 Å². The van der Waals surface area contributed by atoms with Gasteiger partial charge in [0.15, 0.2) is 19.0 Å². The molecule has 27 heavy (non-hydrogen) atoms. The van der Waals surface area contributed by atoms with Gasteiger partial charge in [0.2, 0.25) is 0 Å². The lowest BCUT2D eigenvalue weighted by Crippen LogP contribution is -2.45. The van der Waals surface area contributed by atoms with E-state index in [1.165, 1.54) is 24.3 Å². The molecule has 2 amide bonds. The minimum atomic E-state index is -0.705. The van der Waals surface area contributed by atoms with Crippen LogP contribution < -0.4 is 20.3 Å². The molecule has 0 radical (unpaired) electrons. The monoisotopic (exact) mass is 457 g/mol. The molecule has 0 bridgehead atoms. The Bertz CT molecular complexity index is 864. The number of benzene rings is 2. The predicted octanol–water partition coefficient (Wildman–Crippen LogP) is 2.62. The van der Waals surface area contributed by atoms with E-state index in [2.05, 4.69) is 26.8 Å². The van der Waals surface area contributed by atoms with Crippen LogP contribution in [0, 0.1) is 10.1 Å². The molecule has 0 unspecified atom stereocenters. The van der Waals surface area contributed by atoms with Crippen LogP contribution >= 0.6 is 27.5 Å². The van der Waals surface area contributed by atoms with Crippen LogP contribution in [0.25, 0.3) is 0 Å². The van der Waals surface area contributed by atoms with E-state index in [1.807, 2.05) is 0 Å². The highest BCUT2D eigenvalue weighted by Gasteiger charge is 2.15. The summed E-state index contributed by atoms with van der Waals surface area (Å²) in [6.07, 6.45) is 0. The van der Waals surface area contributed by atoms with E-state index in [9.17, 15) is 19.7 Å². The van der Waals surface area contributed by atoms with Gasteiger partial charge in [0.1, 0.15) is 5.75 Å². The Morgan fingerprint density at radius 2 is 1.63 bits per heavy atom. The number of carbonyl (C=O) groups excluding carboxylic acids is 2. The molecule has 0 aliphatic heterocycles. The van der Waals surface area contributed by atoms with Gasteiger partial charge in [0, 0.05) is 10.5 Å². The van der Waals surface area contributed by atoms with Crippen LogP contribution in [-0.4, -0.2) is 30.0 Å². The van der Waals surface area contributed by atoms with Gasteiger partial charge in [-0.15, -0.1) is 0 Å². The number of hydrazine groups is 1. The molecule has 0 aliphatic rings. The van der Waals surface area contributed by atoms with Crippen LogP contribution in [0.3, 0.4) is 0 Å². The van der Waals surface area contributed by atoms with Gasteiger partial charge in [-0.3, -0.25) is 30.6 Å². The molecule has 2 rings (SSSR count). The Kier molecular flexibility index (Phi) is 7.38. The van der Waals surface area contributed by atoms with Crippen molar-refractivity contribution in [1.82, 2.24) is 10.9 Å². The molecule has 0 saturated heterocycles. The van der Waals surface area contributed by atoms with Gasteiger partial charge in [-0.05, 0) is 24.3 Å². The van der Waals surface area contributed by atoms with Crippen molar-refractivity contribution in [1.29, 1.82) is 0 Å². The zero-order valence-electron chi connectivity index (χ0n) is 13.6. The molecule has 0 aliphatic carbocycles. The number of carbonyl (C=O) groups is 2. The van der Waals surface area contributed by atoms with E-state index in [-0.39, 0.29) is 18.0 Å². The van der Waals surface area contributed by atoms with Gasteiger partial charge in [-0.25, -0.2) is 0 Å². The first kappa shape index (κ1) is 20.5. The van der Waals surface area contributed by atoms with Gasteiger partial charge in [-0.2, -0.15) is 0 Å². The van der Waals surface area contributed by atoms with E-state index < -0.39 is 23.3 Å². The smallest absolute Gasteiger partial charge is 0.310 e. The molecule has 0 atom stereocenters. The van der Waals surface area contributed by atoms with Gasteiger partial charge in [0.25, 0.3) is 11.8 Å². The van der Waals surface area contributed by atoms with Gasteiger partial charge < -0.3 is 9.47 Å². The third kappa shape index (κ3) is 6.42. The maximum atomic E-state index is 11.7. The van der Waals surface area contributed by atoms with Crippen molar-refractivity contribution in [3.05, 3.63) is 62.1 Å². The highest BCUT2D eigenvalue weighted by Crippen LogP contribution is 2.27. The molecule has 2 N–H and O–H groups in total. The Morgan fingerprint density at radius 1 is 1.04 bits per heavy atom. The minimum Gasteiger partial charge on any atom is -0.482 e. The highest BCUT2D eigenvalue weighted by atomic mass is 79.9. The molecule has 142 valence electrons. The summed E-state index contributed by atoms with van der Waals surface area (Å²) >= 11 is 9.20. The van der Waals surface area contributed by atoms with Crippen LogP contribution in [0.2, 0.25) is 5.02 Å².